The topological polar surface area (TPSA) is 121 Å². The lowest BCUT2D eigenvalue weighted by Gasteiger charge is -2.20. The second-order valence-electron chi connectivity index (χ2n) is 5.42. The van der Waals surface area contributed by atoms with Crippen molar-refractivity contribution in [2.45, 2.75) is 13.3 Å². The lowest BCUT2D eigenvalue weighted by Crippen LogP contribution is -2.37. The summed E-state index contributed by atoms with van der Waals surface area (Å²) >= 11 is 0. The smallest absolute Gasteiger partial charge is 0.326 e. The van der Waals surface area contributed by atoms with Gasteiger partial charge < -0.3 is 14.9 Å². The Balaban J connectivity index is 2.02. The standard InChI is InChI=1S/C17H17N3O5/c1-11(19)12(8-18)14(21)10-25-17(23)9-20-13-4-2-3-5-15(13)24-7-6-16(20)22/h2-5,12,19H,6-7,9-10H2,1H3. The van der Waals surface area contributed by atoms with Crippen molar-refractivity contribution in [1.29, 1.82) is 10.7 Å². The first-order valence-electron chi connectivity index (χ1n) is 7.59. The molecule has 1 aromatic rings. The maximum atomic E-state index is 12.2. The second kappa shape index (κ2) is 8.06. The molecule has 130 valence electrons. The predicted molar refractivity (Wildman–Crippen MR) is 87.4 cm³/mol. The van der Waals surface area contributed by atoms with Gasteiger partial charge in [-0.2, -0.15) is 5.26 Å². The van der Waals surface area contributed by atoms with Gasteiger partial charge in [-0.15, -0.1) is 0 Å². The molecular weight excluding hydrogens is 326 g/mol. The van der Waals surface area contributed by atoms with E-state index in [1.54, 1.807) is 30.3 Å². The van der Waals surface area contributed by atoms with Crippen LogP contribution in [-0.2, 0) is 19.1 Å². The highest BCUT2D eigenvalue weighted by Gasteiger charge is 2.27. The van der Waals surface area contributed by atoms with Gasteiger partial charge in [-0.25, -0.2) is 0 Å². The molecule has 0 saturated heterocycles. The van der Waals surface area contributed by atoms with Gasteiger partial charge in [-0.3, -0.25) is 19.3 Å². The Kier molecular flexibility index (Phi) is 5.84. The van der Waals surface area contributed by atoms with E-state index < -0.39 is 24.3 Å². The number of nitrogens with one attached hydrogen (secondary N) is 1. The van der Waals surface area contributed by atoms with E-state index in [2.05, 4.69) is 0 Å². The number of Topliss-reactive ketones (excluding diaryl/α,β-unsaturated/α-hetero) is 1. The summed E-state index contributed by atoms with van der Waals surface area (Å²) in [6, 6.07) is 8.51. The molecule has 0 fully saturated rings. The fourth-order valence-electron chi connectivity index (χ4n) is 2.31. The molecule has 1 atom stereocenters. The van der Waals surface area contributed by atoms with Gasteiger partial charge in [0.2, 0.25) is 5.91 Å². The van der Waals surface area contributed by atoms with Crippen LogP contribution in [0.25, 0.3) is 0 Å². The summed E-state index contributed by atoms with van der Waals surface area (Å²) in [5.74, 6) is -2.49. The largest absolute Gasteiger partial charge is 0.491 e. The number of hydrogen-bond acceptors (Lipinski definition) is 7. The molecule has 0 aliphatic carbocycles. The molecule has 1 unspecified atom stereocenters. The first kappa shape index (κ1) is 18.1. The van der Waals surface area contributed by atoms with E-state index in [0.29, 0.717) is 11.4 Å². The number of nitrogens with zero attached hydrogens (tertiary/aromatic N) is 2. The van der Waals surface area contributed by atoms with Gasteiger partial charge in [-0.05, 0) is 19.1 Å². The van der Waals surface area contributed by atoms with Crippen LogP contribution in [0.15, 0.2) is 24.3 Å². The maximum Gasteiger partial charge on any atom is 0.326 e. The third-order valence-electron chi connectivity index (χ3n) is 3.58. The summed E-state index contributed by atoms with van der Waals surface area (Å²) in [4.78, 5) is 37.3. The van der Waals surface area contributed by atoms with Crippen molar-refractivity contribution in [3.8, 4) is 11.8 Å². The minimum atomic E-state index is -1.23. The molecule has 0 aromatic heterocycles. The zero-order chi connectivity index (χ0) is 18.4. The second-order valence-corrected chi connectivity index (χ2v) is 5.42. The first-order valence-corrected chi connectivity index (χ1v) is 7.59. The van der Waals surface area contributed by atoms with Crippen LogP contribution < -0.4 is 9.64 Å². The number of para-hydroxylation sites is 2. The molecule has 1 aliphatic heterocycles. The van der Waals surface area contributed by atoms with Gasteiger partial charge in [0.25, 0.3) is 0 Å². The summed E-state index contributed by atoms with van der Waals surface area (Å²) in [7, 11) is 0. The molecule has 8 nitrogen and oxygen atoms in total. The van der Waals surface area contributed by atoms with Gasteiger partial charge >= 0.3 is 5.97 Å². The Labute approximate surface area is 144 Å². The number of nitriles is 1. The molecule has 0 bridgehead atoms. The Morgan fingerprint density at radius 1 is 1.44 bits per heavy atom. The quantitative estimate of drug-likeness (QED) is 0.610. The highest BCUT2D eigenvalue weighted by Crippen LogP contribution is 2.30. The molecule has 0 saturated carbocycles. The van der Waals surface area contributed by atoms with E-state index in [1.807, 2.05) is 0 Å². The minimum Gasteiger partial charge on any atom is -0.491 e. The molecule has 2 rings (SSSR count). The van der Waals surface area contributed by atoms with Crippen LogP contribution >= 0.6 is 0 Å². The van der Waals surface area contributed by atoms with Crippen LogP contribution in [0.5, 0.6) is 5.75 Å². The molecule has 25 heavy (non-hydrogen) atoms. The third kappa shape index (κ3) is 4.41. The predicted octanol–water partition coefficient (Wildman–Crippen LogP) is 1.09. The van der Waals surface area contributed by atoms with Gasteiger partial charge in [0.15, 0.2) is 12.4 Å². The zero-order valence-corrected chi connectivity index (χ0v) is 13.7. The highest BCUT2D eigenvalue weighted by atomic mass is 16.5. The lowest BCUT2D eigenvalue weighted by molar-refractivity contribution is -0.147. The Morgan fingerprint density at radius 3 is 2.84 bits per heavy atom. The first-order chi connectivity index (χ1) is 11.9. The van der Waals surface area contributed by atoms with E-state index in [1.165, 1.54) is 11.8 Å². The molecule has 1 heterocycles. The van der Waals surface area contributed by atoms with Crippen molar-refractivity contribution in [3.63, 3.8) is 0 Å². The number of benzene rings is 1. The van der Waals surface area contributed by atoms with E-state index in [9.17, 15) is 14.4 Å². The van der Waals surface area contributed by atoms with Crippen LogP contribution in [-0.4, -0.2) is 43.1 Å². The lowest BCUT2D eigenvalue weighted by atomic mass is 10.0. The summed E-state index contributed by atoms with van der Waals surface area (Å²) in [6.07, 6.45) is 0.115. The zero-order valence-electron chi connectivity index (χ0n) is 13.7. The number of ketones is 1. The van der Waals surface area contributed by atoms with E-state index in [-0.39, 0.29) is 31.2 Å². The fraction of sp³-hybridized carbons (Fsp3) is 0.353. The van der Waals surface area contributed by atoms with Crippen molar-refractivity contribution in [2.75, 3.05) is 24.7 Å². The van der Waals surface area contributed by atoms with Crippen LogP contribution in [0.2, 0.25) is 0 Å². The Hall–Kier alpha value is -3.21. The average Bonchev–Trinajstić information content (AvgIpc) is 2.73. The summed E-state index contributed by atoms with van der Waals surface area (Å²) in [5.41, 5.74) is 0.343. The number of carbonyl (C=O) groups excluding carboxylic acids is 3. The van der Waals surface area contributed by atoms with Crippen LogP contribution in [0.1, 0.15) is 13.3 Å². The van der Waals surface area contributed by atoms with E-state index in [0.717, 1.165) is 0 Å². The Morgan fingerprint density at radius 2 is 2.16 bits per heavy atom. The molecule has 0 radical (unpaired) electrons. The summed E-state index contributed by atoms with van der Waals surface area (Å²) < 4.78 is 10.3. The number of anilines is 1. The molecule has 1 amide bonds. The maximum absolute atomic E-state index is 12.2. The monoisotopic (exact) mass is 343 g/mol. The van der Waals surface area contributed by atoms with Crippen molar-refractivity contribution in [2.24, 2.45) is 5.92 Å². The SMILES string of the molecule is CC(=N)C(C#N)C(=O)COC(=O)CN1C(=O)CCOc2ccccc21. The molecule has 8 heteroatoms. The minimum absolute atomic E-state index is 0.114. The molecule has 1 aromatic carbocycles. The van der Waals surface area contributed by atoms with Crippen LogP contribution in [0.3, 0.4) is 0 Å². The number of hydrogen-bond donors (Lipinski definition) is 1. The average molecular weight is 343 g/mol. The van der Waals surface area contributed by atoms with Crippen molar-refractivity contribution < 1.29 is 23.9 Å². The van der Waals surface area contributed by atoms with Gasteiger partial charge in [0.05, 0.1) is 24.8 Å². The number of esters is 1. The number of fused-ring (bicyclic) bond motifs is 1. The van der Waals surface area contributed by atoms with Crippen molar-refractivity contribution in [3.05, 3.63) is 24.3 Å². The number of carbonyl (C=O) groups is 3. The number of rotatable bonds is 6. The van der Waals surface area contributed by atoms with Crippen LogP contribution in [0, 0.1) is 22.7 Å². The normalized spacial score (nSPS) is 14.4. The number of amides is 1. The molecule has 0 spiro atoms. The summed E-state index contributed by atoms with van der Waals surface area (Å²) in [5, 5.41) is 16.2. The summed E-state index contributed by atoms with van der Waals surface area (Å²) in [6.45, 7) is 0.559. The third-order valence-corrected chi connectivity index (χ3v) is 3.58. The van der Waals surface area contributed by atoms with E-state index in [4.69, 9.17) is 20.1 Å². The van der Waals surface area contributed by atoms with Crippen molar-refractivity contribution >= 4 is 29.1 Å². The van der Waals surface area contributed by atoms with Crippen molar-refractivity contribution in [1.82, 2.24) is 0 Å². The Bertz CT molecular complexity index is 753. The highest BCUT2D eigenvalue weighted by molar-refractivity contribution is 6.06. The molecule has 1 aliphatic rings. The number of ether oxygens (including phenoxy) is 2. The van der Waals surface area contributed by atoms with E-state index >= 15 is 0 Å². The molecular formula is C17H17N3O5. The molecule has 1 N–H and O–H groups in total. The van der Waals surface area contributed by atoms with Gasteiger partial charge in [-0.1, -0.05) is 12.1 Å². The van der Waals surface area contributed by atoms with Gasteiger partial charge in [0.1, 0.15) is 18.2 Å². The van der Waals surface area contributed by atoms with Crippen LogP contribution in [0.4, 0.5) is 5.69 Å². The van der Waals surface area contributed by atoms with Gasteiger partial charge in [0, 0.05) is 5.71 Å². The fourth-order valence-corrected chi connectivity index (χ4v) is 2.31.